The van der Waals surface area contributed by atoms with Crippen LogP contribution in [0.3, 0.4) is 0 Å². The SMILES string of the molecule is Cc1ccc(S(=O)(=O)CC(CS(=O)(=O)c2ccc(C)cc2)C(=O)c2ccc(C(=O)NCCOCCOCCOCCOCCOCCOCCNC(=O)c3ccc(C(=O)C(CS(=O)(=O)c4ccc(C)cc4)CS(=O)(=O)c4ccc(C)cc4)cc3)cc2)cc1. The van der Waals surface area contributed by atoms with Crippen LogP contribution in [0.1, 0.15) is 63.7 Å². The first-order valence-corrected chi connectivity index (χ1v) is 35.0. The first-order valence-electron chi connectivity index (χ1n) is 28.4. The van der Waals surface area contributed by atoms with Crippen molar-refractivity contribution in [3.63, 3.8) is 0 Å². The molecule has 0 aliphatic carbocycles. The first kappa shape index (κ1) is 70.2. The van der Waals surface area contributed by atoms with Crippen molar-refractivity contribution in [3.05, 3.63) is 190 Å². The molecule has 0 bridgehead atoms. The van der Waals surface area contributed by atoms with Crippen molar-refractivity contribution < 1.29 is 81.3 Å². The maximum Gasteiger partial charge on any atom is 0.251 e. The second-order valence-corrected chi connectivity index (χ2v) is 29.0. The quantitative estimate of drug-likeness (QED) is 0.0301. The van der Waals surface area contributed by atoms with Crippen LogP contribution in [0.5, 0.6) is 0 Å². The van der Waals surface area contributed by atoms with Crippen molar-refractivity contribution in [3.8, 4) is 0 Å². The minimum absolute atomic E-state index is 0.0250. The molecule has 6 rings (SSSR count). The topological polar surface area (TPSA) is 284 Å². The number of carbonyl (C=O) groups excluding carboxylic acids is 4. The lowest BCUT2D eigenvalue weighted by Crippen LogP contribution is -2.31. The van der Waals surface area contributed by atoms with Gasteiger partial charge in [-0.05, 0) is 100 Å². The molecule has 20 nitrogen and oxygen atoms in total. The molecule has 0 saturated heterocycles. The van der Waals surface area contributed by atoms with E-state index >= 15 is 0 Å². The van der Waals surface area contributed by atoms with Crippen LogP contribution in [0.15, 0.2) is 165 Å². The van der Waals surface area contributed by atoms with Crippen LogP contribution in [-0.2, 0) is 67.8 Å². The number of carbonyl (C=O) groups is 4. The number of benzene rings is 6. The zero-order valence-electron chi connectivity index (χ0n) is 49.7. The van der Waals surface area contributed by atoms with E-state index in [1.807, 2.05) is 0 Å². The molecule has 0 radical (unpaired) electrons. The molecule has 0 aromatic heterocycles. The number of rotatable bonds is 39. The maximum atomic E-state index is 13.8. The van der Waals surface area contributed by atoms with Gasteiger partial charge in [0, 0.05) is 35.3 Å². The monoisotopic (exact) mass is 1290 g/mol. The summed E-state index contributed by atoms with van der Waals surface area (Å²) in [6.45, 7) is 11.1. The third-order valence-electron chi connectivity index (χ3n) is 13.7. The van der Waals surface area contributed by atoms with Gasteiger partial charge < -0.3 is 39.1 Å². The number of nitrogens with one attached hydrogen (secondary N) is 2. The number of ketones is 2. The van der Waals surface area contributed by atoms with Crippen LogP contribution in [0.25, 0.3) is 0 Å². The summed E-state index contributed by atoms with van der Waals surface area (Å²) >= 11 is 0. The fraction of sp³-hybridized carbons (Fsp3) is 0.375. The molecule has 0 fully saturated rings. The fourth-order valence-electron chi connectivity index (χ4n) is 8.75. The number of hydrogen-bond acceptors (Lipinski definition) is 18. The summed E-state index contributed by atoms with van der Waals surface area (Å²) in [5, 5.41) is 5.46. The largest absolute Gasteiger partial charge is 0.377 e. The van der Waals surface area contributed by atoms with Crippen molar-refractivity contribution in [2.45, 2.75) is 47.3 Å². The summed E-state index contributed by atoms with van der Waals surface area (Å²) in [6.07, 6.45) is 0. The van der Waals surface area contributed by atoms with E-state index in [2.05, 4.69) is 10.6 Å². The van der Waals surface area contributed by atoms with Gasteiger partial charge in [0.15, 0.2) is 50.9 Å². The van der Waals surface area contributed by atoms with Crippen LogP contribution >= 0.6 is 0 Å². The molecule has 0 unspecified atom stereocenters. The molecule has 0 saturated carbocycles. The molecule has 2 amide bonds. The van der Waals surface area contributed by atoms with Crippen molar-refractivity contribution in [1.29, 1.82) is 0 Å². The highest BCUT2D eigenvalue weighted by Gasteiger charge is 2.35. The van der Waals surface area contributed by atoms with E-state index in [0.717, 1.165) is 22.3 Å². The molecule has 0 atom stereocenters. The van der Waals surface area contributed by atoms with Gasteiger partial charge in [0.1, 0.15) is 0 Å². The second kappa shape index (κ2) is 34.2. The highest BCUT2D eigenvalue weighted by molar-refractivity contribution is 7.93. The molecular weight excluding hydrogens is 1210 g/mol. The van der Waals surface area contributed by atoms with E-state index in [-0.39, 0.29) is 81.4 Å². The molecule has 0 heterocycles. The lowest BCUT2D eigenvalue weighted by Gasteiger charge is -2.17. The van der Waals surface area contributed by atoms with E-state index in [1.54, 1.807) is 76.2 Å². The molecular formula is C64H76N2O18S4. The Hall–Kier alpha value is -6.84. The molecule has 2 N–H and O–H groups in total. The Kier molecular flexibility index (Phi) is 27.3. The smallest absolute Gasteiger partial charge is 0.251 e. The zero-order chi connectivity index (χ0) is 63.7. The van der Waals surface area contributed by atoms with Gasteiger partial charge in [-0.1, -0.05) is 95.1 Å². The standard InChI is InChI=1S/C64H76N2O18S4/c1-47-5-21-57(22-6-47)85(71,72)43-55(44-86(73,74)58-23-7-48(2)8-24-58)61(67)51-13-17-53(18-14-51)63(69)65-29-31-79-33-35-81-37-39-83-41-42-84-40-38-82-36-34-80-32-30-66-64(70)54-19-15-52(16-20-54)62(68)56(45-87(75,76)59-25-9-49(3)10-26-59)46-88(77,78)60-27-11-50(4)12-28-60/h5-28,55-56H,29-46H2,1-4H3,(H,65,69)(H,66,70). The Morgan fingerprint density at radius 1 is 0.295 bits per heavy atom. The summed E-state index contributed by atoms with van der Waals surface area (Å²) in [4.78, 5) is 53.3. The number of aryl methyl sites for hydroxylation is 4. The predicted molar refractivity (Wildman–Crippen MR) is 331 cm³/mol. The van der Waals surface area contributed by atoms with Gasteiger partial charge in [0.2, 0.25) is 0 Å². The minimum atomic E-state index is -4.07. The van der Waals surface area contributed by atoms with E-state index in [4.69, 9.17) is 28.4 Å². The minimum Gasteiger partial charge on any atom is -0.377 e. The van der Waals surface area contributed by atoms with Gasteiger partial charge in [-0.2, -0.15) is 0 Å². The van der Waals surface area contributed by atoms with Crippen molar-refractivity contribution in [2.75, 3.05) is 115 Å². The summed E-state index contributed by atoms with van der Waals surface area (Å²) in [5.41, 5.74) is 3.93. The van der Waals surface area contributed by atoms with Gasteiger partial charge in [-0.15, -0.1) is 0 Å². The summed E-state index contributed by atoms with van der Waals surface area (Å²) < 4.78 is 141. The molecule has 0 aliphatic rings. The maximum absolute atomic E-state index is 13.8. The second-order valence-electron chi connectivity index (χ2n) is 20.8. The lowest BCUT2D eigenvalue weighted by atomic mass is 9.99. The Bertz CT molecular complexity index is 3290. The Morgan fingerprint density at radius 2 is 0.489 bits per heavy atom. The van der Waals surface area contributed by atoms with Gasteiger partial charge >= 0.3 is 0 Å². The van der Waals surface area contributed by atoms with Crippen LogP contribution in [0.2, 0.25) is 0 Å². The van der Waals surface area contributed by atoms with Crippen molar-refractivity contribution in [1.82, 2.24) is 10.6 Å². The molecule has 6 aromatic rings. The number of Topliss-reactive ketones (excluding diaryl/α,β-unsaturated/α-hetero) is 2. The van der Waals surface area contributed by atoms with E-state index in [9.17, 15) is 52.8 Å². The van der Waals surface area contributed by atoms with Gasteiger partial charge in [0.25, 0.3) is 11.8 Å². The first-order chi connectivity index (χ1) is 41.9. The van der Waals surface area contributed by atoms with Crippen LogP contribution in [0, 0.1) is 39.5 Å². The molecule has 6 aromatic carbocycles. The van der Waals surface area contributed by atoms with Crippen LogP contribution in [0.4, 0.5) is 0 Å². The normalized spacial score (nSPS) is 12.1. The summed E-state index contributed by atoms with van der Waals surface area (Å²) in [6, 6.07) is 35.6. The lowest BCUT2D eigenvalue weighted by molar-refractivity contribution is -0.0163. The number of ether oxygens (including phenoxy) is 6. The molecule has 88 heavy (non-hydrogen) atoms. The Morgan fingerprint density at radius 3 is 0.705 bits per heavy atom. The number of sulfone groups is 4. The van der Waals surface area contributed by atoms with E-state index in [1.165, 1.54) is 97.1 Å². The number of amides is 2. The third kappa shape index (κ3) is 22.6. The number of hydrogen-bond donors (Lipinski definition) is 2. The van der Waals surface area contributed by atoms with E-state index < -0.39 is 97.6 Å². The van der Waals surface area contributed by atoms with E-state index in [0.29, 0.717) is 52.9 Å². The van der Waals surface area contributed by atoms with Gasteiger partial charge in [0.05, 0.1) is 134 Å². The summed E-state index contributed by atoms with van der Waals surface area (Å²) in [7, 11) is -16.3. The van der Waals surface area contributed by atoms with Crippen molar-refractivity contribution >= 4 is 62.7 Å². The highest BCUT2D eigenvalue weighted by Crippen LogP contribution is 2.26. The highest BCUT2D eigenvalue weighted by atomic mass is 32.2. The molecule has 0 spiro atoms. The zero-order valence-corrected chi connectivity index (χ0v) is 53.0. The third-order valence-corrected chi connectivity index (χ3v) is 21.1. The van der Waals surface area contributed by atoms with Gasteiger partial charge in [-0.3, -0.25) is 19.2 Å². The summed E-state index contributed by atoms with van der Waals surface area (Å²) in [5.74, 6) is -8.04. The average Bonchev–Trinajstić information content (AvgIpc) is 1.31. The fourth-order valence-corrected chi connectivity index (χ4v) is 15.2. The molecule has 24 heteroatoms. The molecule has 0 aliphatic heterocycles. The molecule has 474 valence electrons. The van der Waals surface area contributed by atoms with Gasteiger partial charge in [-0.25, -0.2) is 33.7 Å². The average molecular weight is 1290 g/mol. The predicted octanol–water partition coefficient (Wildman–Crippen LogP) is 6.67. The van der Waals surface area contributed by atoms with Crippen LogP contribution in [-0.4, -0.2) is 172 Å². The van der Waals surface area contributed by atoms with Crippen molar-refractivity contribution in [2.24, 2.45) is 11.8 Å². The van der Waals surface area contributed by atoms with Crippen LogP contribution < -0.4 is 10.6 Å². The Labute approximate surface area is 516 Å². The Balaban J connectivity index is 0.770.